The first-order chi connectivity index (χ1) is 15.5. The molecule has 168 valence electrons. The third kappa shape index (κ3) is 4.47. The quantitative estimate of drug-likeness (QED) is 0.616. The molecule has 7 heteroatoms. The standard InChI is InChI=1S/C25H28N2O5/c1-15(24(29)30)27-23(28)17-12-6-7-16(17)13-26-25(31)32-14-22-20-10-4-2-8-18(20)19-9-3-5-11-21(19)22/h2-5,8-11,15-17,22H,6-7,12-14H2,1H3,(H,26,31)(H,27,28)(H,29,30). The van der Waals surface area contributed by atoms with Crippen LogP contribution in [0.2, 0.25) is 0 Å². The minimum atomic E-state index is -1.07. The first kappa shape index (κ1) is 21.9. The van der Waals surface area contributed by atoms with Crippen LogP contribution in [0, 0.1) is 11.8 Å². The fourth-order valence-electron chi connectivity index (χ4n) is 4.87. The summed E-state index contributed by atoms with van der Waals surface area (Å²) in [5.74, 6) is -1.67. The maximum Gasteiger partial charge on any atom is 0.407 e. The Morgan fingerprint density at radius 2 is 1.66 bits per heavy atom. The molecule has 0 radical (unpaired) electrons. The predicted octanol–water partition coefficient (Wildman–Crippen LogP) is 3.53. The molecule has 2 aromatic carbocycles. The van der Waals surface area contributed by atoms with Gasteiger partial charge in [-0.05, 0) is 47.9 Å². The second kappa shape index (κ2) is 9.42. The van der Waals surface area contributed by atoms with Gasteiger partial charge in [-0.25, -0.2) is 4.79 Å². The predicted molar refractivity (Wildman–Crippen MR) is 119 cm³/mol. The summed E-state index contributed by atoms with van der Waals surface area (Å²) in [6.45, 7) is 2.01. The Balaban J connectivity index is 1.31. The van der Waals surface area contributed by atoms with Gasteiger partial charge < -0.3 is 20.5 Å². The van der Waals surface area contributed by atoms with E-state index in [1.165, 1.54) is 18.1 Å². The largest absolute Gasteiger partial charge is 0.480 e. The van der Waals surface area contributed by atoms with Crippen molar-refractivity contribution in [2.45, 2.75) is 38.1 Å². The number of carboxylic acid groups (broad SMARTS) is 1. The number of nitrogens with one attached hydrogen (secondary N) is 2. The summed E-state index contributed by atoms with van der Waals surface area (Å²) < 4.78 is 5.56. The van der Waals surface area contributed by atoms with Gasteiger partial charge in [-0.15, -0.1) is 0 Å². The van der Waals surface area contributed by atoms with E-state index in [9.17, 15) is 14.4 Å². The Morgan fingerprint density at radius 3 is 2.28 bits per heavy atom. The van der Waals surface area contributed by atoms with Crippen molar-refractivity contribution in [3.63, 3.8) is 0 Å². The zero-order valence-electron chi connectivity index (χ0n) is 18.0. The summed E-state index contributed by atoms with van der Waals surface area (Å²) in [4.78, 5) is 35.8. The first-order valence-electron chi connectivity index (χ1n) is 11.1. The lowest BCUT2D eigenvalue weighted by Gasteiger charge is -2.21. The molecule has 0 saturated heterocycles. The fraction of sp³-hybridized carbons (Fsp3) is 0.400. The Morgan fingerprint density at radius 1 is 1.03 bits per heavy atom. The normalized spacial score (nSPS) is 20.2. The van der Waals surface area contributed by atoms with Gasteiger partial charge in [0.2, 0.25) is 5.91 Å². The third-order valence-electron chi connectivity index (χ3n) is 6.58. The number of carbonyl (C=O) groups excluding carboxylic acids is 2. The summed E-state index contributed by atoms with van der Waals surface area (Å²) in [7, 11) is 0. The molecule has 4 rings (SSSR count). The summed E-state index contributed by atoms with van der Waals surface area (Å²) in [6, 6.07) is 15.4. The van der Waals surface area contributed by atoms with Crippen LogP contribution in [0.1, 0.15) is 43.2 Å². The van der Waals surface area contributed by atoms with Crippen molar-refractivity contribution in [1.82, 2.24) is 10.6 Å². The zero-order chi connectivity index (χ0) is 22.7. The van der Waals surface area contributed by atoms with Crippen LogP contribution in [0.15, 0.2) is 48.5 Å². The minimum Gasteiger partial charge on any atom is -0.480 e. The highest BCUT2D eigenvalue weighted by molar-refractivity contribution is 5.85. The van der Waals surface area contributed by atoms with Crippen LogP contribution in [-0.4, -0.2) is 42.3 Å². The molecule has 0 aliphatic heterocycles. The molecular formula is C25H28N2O5. The zero-order valence-corrected chi connectivity index (χ0v) is 18.0. The number of amides is 2. The van der Waals surface area contributed by atoms with Crippen molar-refractivity contribution < 1.29 is 24.2 Å². The molecule has 1 fully saturated rings. The highest BCUT2D eigenvalue weighted by Gasteiger charge is 2.34. The number of carboxylic acids is 1. The summed E-state index contributed by atoms with van der Waals surface area (Å²) >= 11 is 0. The van der Waals surface area contributed by atoms with Crippen LogP contribution in [0.4, 0.5) is 4.79 Å². The molecule has 2 aliphatic carbocycles. The molecule has 2 aromatic rings. The molecule has 3 atom stereocenters. The number of fused-ring (bicyclic) bond motifs is 3. The number of aliphatic carboxylic acids is 1. The highest BCUT2D eigenvalue weighted by atomic mass is 16.5. The van der Waals surface area contributed by atoms with Crippen LogP contribution in [0.25, 0.3) is 11.1 Å². The molecule has 0 heterocycles. The van der Waals surface area contributed by atoms with Gasteiger partial charge in [0.05, 0.1) is 0 Å². The van der Waals surface area contributed by atoms with E-state index in [-0.39, 0.29) is 30.3 Å². The maximum absolute atomic E-state index is 12.4. The molecule has 0 spiro atoms. The van der Waals surface area contributed by atoms with Gasteiger partial charge in [0.15, 0.2) is 0 Å². The van der Waals surface area contributed by atoms with Gasteiger partial charge in [0.25, 0.3) is 0 Å². The van der Waals surface area contributed by atoms with Crippen LogP contribution in [0.3, 0.4) is 0 Å². The Bertz CT molecular complexity index is 975. The van der Waals surface area contributed by atoms with E-state index in [1.54, 1.807) is 0 Å². The highest BCUT2D eigenvalue weighted by Crippen LogP contribution is 2.44. The monoisotopic (exact) mass is 436 g/mol. The molecule has 7 nitrogen and oxygen atoms in total. The molecule has 2 aliphatic rings. The molecule has 3 unspecified atom stereocenters. The second-order valence-electron chi connectivity index (χ2n) is 8.57. The van der Waals surface area contributed by atoms with Crippen molar-refractivity contribution in [3.05, 3.63) is 59.7 Å². The first-order valence-corrected chi connectivity index (χ1v) is 11.1. The number of hydrogen-bond donors (Lipinski definition) is 3. The van der Waals surface area contributed by atoms with Gasteiger partial charge in [-0.1, -0.05) is 55.0 Å². The van der Waals surface area contributed by atoms with Crippen molar-refractivity contribution >= 4 is 18.0 Å². The van der Waals surface area contributed by atoms with E-state index in [0.29, 0.717) is 13.0 Å². The van der Waals surface area contributed by atoms with E-state index in [4.69, 9.17) is 9.84 Å². The van der Waals surface area contributed by atoms with Crippen molar-refractivity contribution in [2.75, 3.05) is 13.2 Å². The fourth-order valence-corrected chi connectivity index (χ4v) is 4.87. The van der Waals surface area contributed by atoms with Gasteiger partial charge in [0.1, 0.15) is 12.6 Å². The number of carbonyl (C=O) groups is 3. The van der Waals surface area contributed by atoms with E-state index in [1.807, 2.05) is 24.3 Å². The number of ether oxygens (including phenoxy) is 1. The second-order valence-corrected chi connectivity index (χ2v) is 8.57. The van der Waals surface area contributed by atoms with Crippen molar-refractivity contribution in [1.29, 1.82) is 0 Å². The Hall–Kier alpha value is -3.35. The summed E-state index contributed by atoms with van der Waals surface area (Å²) in [5.41, 5.74) is 4.66. The number of rotatable bonds is 7. The van der Waals surface area contributed by atoms with E-state index in [2.05, 4.69) is 34.9 Å². The lowest BCUT2D eigenvalue weighted by molar-refractivity contribution is -0.142. The lowest BCUT2D eigenvalue weighted by Crippen LogP contribution is -2.44. The SMILES string of the molecule is CC(NC(=O)C1CCCC1CNC(=O)OCC1c2ccccc2-c2ccccc21)C(=O)O. The summed E-state index contributed by atoms with van der Waals surface area (Å²) in [5, 5.41) is 14.3. The molecule has 32 heavy (non-hydrogen) atoms. The van der Waals surface area contributed by atoms with Gasteiger partial charge in [-0.2, -0.15) is 0 Å². The van der Waals surface area contributed by atoms with Crippen molar-refractivity contribution in [3.8, 4) is 11.1 Å². The third-order valence-corrected chi connectivity index (χ3v) is 6.58. The lowest BCUT2D eigenvalue weighted by atomic mass is 9.95. The molecule has 3 N–H and O–H groups in total. The van der Waals surface area contributed by atoms with Crippen LogP contribution < -0.4 is 10.6 Å². The molecule has 0 bridgehead atoms. The minimum absolute atomic E-state index is 0.00402. The number of hydrogen-bond acceptors (Lipinski definition) is 4. The van der Waals surface area contributed by atoms with Crippen LogP contribution in [0.5, 0.6) is 0 Å². The number of benzene rings is 2. The van der Waals surface area contributed by atoms with E-state index < -0.39 is 18.1 Å². The molecule has 1 saturated carbocycles. The number of alkyl carbamates (subject to hydrolysis) is 1. The van der Waals surface area contributed by atoms with Crippen LogP contribution >= 0.6 is 0 Å². The molecular weight excluding hydrogens is 408 g/mol. The molecule has 2 amide bonds. The topological polar surface area (TPSA) is 105 Å². The van der Waals surface area contributed by atoms with E-state index in [0.717, 1.165) is 24.0 Å². The van der Waals surface area contributed by atoms with Gasteiger partial charge >= 0.3 is 12.1 Å². The van der Waals surface area contributed by atoms with Gasteiger partial charge in [-0.3, -0.25) is 9.59 Å². The Kier molecular flexibility index (Phi) is 6.44. The average Bonchev–Trinajstić information content (AvgIpc) is 3.39. The van der Waals surface area contributed by atoms with E-state index >= 15 is 0 Å². The Labute approximate surface area is 187 Å². The maximum atomic E-state index is 12.4. The summed E-state index contributed by atoms with van der Waals surface area (Å²) in [6.07, 6.45) is 1.87. The average molecular weight is 437 g/mol. The van der Waals surface area contributed by atoms with Crippen molar-refractivity contribution in [2.24, 2.45) is 11.8 Å². The molecule has 0 aromatic heterocycles. The smallest absolute Gasteiger partial charge is 0.407 e. The van der Waals surface area contributed by atoms with Gasteiger partial charge in [0, 0.05) is 18.4 Å². The van der Waals surface area contributed by atoms with Crippen LogP contribution in [-0.2, 0) is 14.3 Å².